The van der Waals surface area contributed by atoms with Crippen molar-refractivity contribution in [3.8, 4) is 0 Å². The van der Waals surface area contributed by atoms with Crippen molar-refractivity contribution in [2.75, 3.05) is 18.8 Å². The molecule has 172 valence electrons. The van der Waals surface area contributed by atoms with Gasteiger partial charge in [-0.1, -0.05) is 61.4 Å². The molecule has 0 radical (unpaired) electrons. The van der Waals surface area contributed by atoms with Gasteiger partial charge in [0.25, 0.3) is 0 Å². The number of aromatic carboxylic acids is 1. The topological polar surface area (TPSA) is 73.7 Å². The van der Waals surface area contributed by atoms with Gasteiger partial charge in [-0.3, -0.25) is 9.69 Å². The van der Waals surface area contributed by atoms with E-state index in [2.05, 4.69) is 45.1 Å². The van der Waals surface area contributed by atoms with Crippen LogP contribution in [0.1, 0.15) is 61.0 Å². The highest BCUT2D eigenvalue weighted by atomic mass is 32.2. The maximum atomic E-state index is 12.6. The lowest BCUT2D eigenvalue weighted by Gasteiger charge is -2.38. The number of benzene rings is 1. The fourth-order valence-electron chi connectivity index (χ4n) is 4.82. The summed E-state index contributed by atoms with van der Waals surface area (Å²) in [7, 11) is 0. The van der Waals surface area contributed by atoms with Crippen LogP contribution in [-0.4, -0.2) is 62.7 Å². The van der Waals surface area contributed by atoms with Gasteiger partial charge in [-0.05, 0) is 24.8 Å². The van der Waals surface area contributed by atoms with Crippen molar-refractivity contribution in [3.05, 3.63) is 47.0 Å². The summed E-state index contributed by atoms with van der Waals surface area (Å²) < 4.78 is 0.749. The maximum absolute atomic E-state index is 12.6. The van der Waals surface area contributed by atoms with Crippen molar-refractivity contribution in [2.24, 2.45) is 0 Å². The second-order valence-electron chi connectivity index (χ2n) is 8.64. The number of carbonyl (C=O) groups is 2. The number of amides is 1. The Bertz CT molecular complexity index is 899. The van der Waals surface area contributed by atoms with Gasteiger partial charge in [-0.25, -0.2) is 9.78 Å². The molecule has 1 amide bonds. The van der Waals surface area contributed by atoms with E-state index in [0.29, 0.717) is 19.0 Å². The van der Waals surface area contributed by atoms with Crippen molar-refractivity contribution in [2.45, 2.75) is 67.9 Å². The van der Waals surface area contributed by atoms with Crippen LogP contribution in [0.15, 0.2) is 40.1 Å². The Morgan fingerprint density at radius 1 is 1.19 bits per heavy atom. The number of carboxylic acid groups (broad SMARTS) is 1. The molecule has 2 aromatic rings. The van der Waals surface area contributed by atoms with Gasteiger partial charge in [-0.15, -0.1) is 11.3 Å². The predicted molar refractivity (Wildman–Crippen MR) is 128 cm³/mol. The third-order valence-corrected chi connectivity index (χ3v) is 8.48. The molecule has 0 bridgehead atoms. The molecule has 0 unspecified atom stereocenters. The molecule has 2 fully saturated rings. The highest BCUT2D eigenvalue weighted by Gasteiger charge is 2.33. The Hall–Kier alpha value is -1.90. The summed E-state index contributed by atoms with van der Waals surface area (Å²) in [5.41, 5.74) is 1.43. The second-order valence-corrected chi connectivity index (χ2v) is 10.8. The molecule has 2 aliphatic rings. The van der Waals surface area contributed by atoms with E-state index >= 15 is 0 Å². The quantitative estimate of drug-likeness (QED) is 0.502. The average Bonchev–Trinajstić information content (AvgIpc) is 3.42. The van der Waals surface area contributed by atoms with Crippen LogP contribution < -0.4 is 0 Å². The second kappa shape index (κ2) is 11.3. The molecule has 0 spiro atoms. The summed E-state index contributed by atoms with van der Waals surface area (Å²) >= 11 is 2.89. The van der Waals surface area contributed by atoms with E-state index in [1.165, 1.54) is 60.8 Å². The smallest absolute Gasteiger partial charge is 0.355 e. The van der Waals surface area contributed by atoms with Crippen molar-refractivity contribution < 1.29 is 14.7 Å². The van der Waals surface area contributed by atoms with Gasteiger partial charge in [-0.2, -0.15) is 0 Å². The van der Waals surface area contributed by atoms with Crippen molar-refractivity contribution in [1.82, 2.24) is 14.8 Å². The zero-order valence-electron chi connectivity index (χ0n) is 18.3. The number of nitrogens with zero attached hydrogens (tertiary/aromatic N) is 3. The molecule has 1 aliphatic carbocycles. The zero-order chi connectivity index (χ0) is 22.3. The minimum Gasteiger partial charge on any atom is -0.476 e. The third-order valence-electron chi connectivity index (χ3n) is 6.48. The number of rotatable bonds is 10. The highest BCUT2D eigenvalue weighted by Crippen LogP contribution is 2.29. The average molecular weight is 474 g/mol. The van der Waals surface area contributed by atoms with Crippen LogP contribution in [0.25, 0.3) is 0 Å². The minimum atomic E-state index is -0.996. The minimum absolute atomic E-state index is 0.0941. The maximum Gasteiger partial charge on any atom is 0.355 e. The van der Waals surface area contributed by atoms with Crippen molar-refractivity contribution in [1.29, 1.82) is 0 Å². The van der Waals surface area contributed by atoms with E-state index in [1.807, 2.05) is 0 Å². The summed E-state index contributed by atoms with van der Waals surface area (Å²) in [5.74, 6) is -0.0231. The first-order chi connectivity index (χ1) is 15.6. The zero-order valence-corrected chi connectivity index (χ0v) is 20.0. The van der Waals surface area contributed by atoms with Crippen LogP contribution in [0.3, 0.4) is 0 Å². The Morgan fingerprint density at radius 2 is 1.97 bits per heavy atom. The molecule has 4 rings (SSSR count). The van der Waals surface area contributed by atoms with Gasteiger partial charge in [0.2, 0.25) is 5.91 Å². The van der Waals surface area contributed by atoms with E-state index < -0.39 is 5.97 Å². The summed E-state index contributed by atoms with van der Waals surface area (Å²) in [5, 5.41) is 10.6. The summed E-state index contributed by atoms with van der Waals surface area (Å²) in [4.78, 5) is 32.5. The molecular weight excluding hydrogens is 442 g/mol. The molecule has 1 aliphatic heterocycles. The normalized spacial score (nSPS) is 19.7. The number of carbonyl (C=O) groups excluding carboxylic acids is 1. The number of aromatic nitrogens is 1. The first kappa shape index (κ1) is 23.3. The molecule has 1 aromatic carbocycles. The monoisotopic (exact) mass is 473 g/mol. The van der Waals surface area contributed by atoms with Crippen LogP contribution in [0, 0.1) is 0 Å². The third kappa shape index (κ3) is 6.11. The molecule has 8 heteroatoms. The largest absolute Gasteiger partial charge is 0.476 e. The molecule has 6 nitrogen and oxygen atoms in total. The molecule has 2 heterocycles. The van der Waals surface area contributed by atoms with Crippen LogP contribution in [-0.2, 0) is 11.3 Å². The predicted octanol–water partition coefficient (Wildman–Crippen LogP) is 4.76. The number of thioether (sulfide) groups is 1. The SMILES string of the molecule is O=C(O)c1csc(SCCN2C(=O)CC[C@@H]2CN(Cc2ccccc2)C2CCCCC2)n1. The van der Waals surface area contributed by atoms with Crippen LogP contribution in [0.4, 0.5) is 0 Å². The fourth-order valence-corrected chi connectivity index (χ4v) is 6.63. The highest BCUT2D eigenvalue weighted by molar-refractivity contribution is 8.01. The molecule has 1 aromatic heterocycles. The lowest BCUT2D eigenvalue weighted by molar-refractivity contribution is -0.129. The number of carboxylic acids is 1. The Morgan fingerprint density at radius 3 is 2.69 bits per heavy atom. The van der Waals surface area contributed by atoms with E-state index in [-0.39, 0.29) is 17.6 Å². The summed E-state index contributed by atoms with van der Waals surface area (Å²) in [6, 6.07) is 11.5. The van der Waals surface area contributed by atoms with Crippen LogP contribution >= 0.6 is 23.1 Å². The van der Waals surface area contributed by atoms with Gasteiger partial charge >= 0.3 is 5.97 Å². The van der Waals surface area contributed by atoms with Gasteiger partial charge in [0.15, 0.2) is 10.0 Å². The summed E-state index contributed by atoms with van der Waals surface area (Å²) in [6.45, 7) is 2.55. The molecule has 1 saturated heterocycles. The van der Waals surface area contributed by atoms with E-state index in [1.54, 1.807) is 5.38 Å². The molecular formula is C24H31N3O3S2. The fraction of sp³-hybridized carbons (Fsp3) is 0.542. The standard InChI is InChI=1S/C24H31N3O3S2/c28-22-12-11-20(27(22)13-14-31-24-25-21(17-32-24)23(29)30)16-26(19-9-5-2-6-10-19)15-18-7-3-1-4-8-18/h1,3-4,7-8,17,19-20H,2,5-6,9-16H2,(H,29,30)/t20-/m1/s1. The Balaban J connectivity index is 1.37. The first-order valence-corrected chi connectivity index (χ1v) is 13.4. The van der Waals surface area contributed by atoms with Gasteiger partial charge in [0.1, 0.15) is 0 Å². The number of hydrogen-bond donors (Lipinski definition) is 1. The van der Waals surface area contributed by atoms with E-state index in [0.717, 1.165) is 29.6 Å². The lowest BCUT2D eigenvalue weighted by Crippen LogP contribution is -2.46. The van der Waals surface area contributed by atoms with Gasteiger partial charge in [0.05, 0.1) is 0 Å². The van der Waals surface area contributed by atoms with Crippen molar-refractivity contribution in [3.63, 3.8) is 0 Å². The van der Waals surface area contributed by atoms with Crippen LogP contribution in [0.5, 0.6) is 0 Å². The van der Waals surface area contributed by atoms with Gasteiger partial charge < -0.3 is 10.0 Å². The lowest BCUT2D eigenvalue weighted by atomic mass is 9.93. The summed E-state index contributed by atoms with van der Waals surface area (Å²) in [6.07, 6.45) is 7.97. The number of likely N-dealkylation sites (tertiary alicyclic amines) is 1. The molecule has 1 saturated carbocycles. The number of hydrogen-bond acceptors (Lipinski definition) is 6. The molecule has 1 N–H and O–H groups in total. The van der Waals surface area contributed by atoms with E-state index in [9.17, 15) is 9.59 Å². The number of thiazole rings is 1. The Kier molecular flexibility index (Phi) is 8.21. The van der Waals surface area contributed by atoms with Crippen molar-refractivity contribution >= 4 is 35.0 Å². The Labute approximate surface area is 198 Å². The van der Waals surface area contributed by atoms with E-state index in [4.69, 9.17) is 5.11 Å². The molecule has 1 atom stereocenters. The first-order valence-electron chi connectivity index (χ1n) is 11.5. The molecule has 32 heavy (non-hydrogen) atoms. The van der Waals surface area contributed by atoms with Crippen LogP contribution in [0.2, 0.25) is 0 Å². The van der Waals surface area contributed by atoms with Gasteiger partial charge in [0, 0.05) is 49.3 Å².